The van der Waals surface area contributed by atoms with E-state index in [2.05, 4.69) is 5.32 Å². The number of amides is 1. The van der Waals surface area contributed by atoms with E-state index in [1.54, 1.807) is 0 Å². The van der Waals surface area contributed by atoms with Crippen molar-refractivity contribution in [2.24, 2.45) is 0 Å². The molecule has 0 aliphatic carbocycles. The minimum atomic E-state index is -0.755. The molecule has 0 saturated carbocycles. The number of carbonyl (C=O) groups excluding carboxylic acids is 1. The lowest BCUT2D eigenvalue weighted by molar-refractivity contribution is 0.102. The van der Waals surface area contributed by atoms with Crippen LogP contribution in [0.1, 0.15) is 10.4 Å². The van der Waals surface area contributed by atoms with Gasteiger partial charge in [0.2, 0.25) is 0 Å². The van der Waals surface area contributed by atoms with Crippen molar-refractivity contribution in [1.82, 2.24) is 0 Å². The van der Waals surface area contributed by atoms with E-state index in [1.807, 2.05) is 0 Å². The summed E-state index contributed by atoms with van der Waals surface area (Å²) < 4.78 is 31.3. The molecule has 2 N–H and O–H groups in total. The van der Waals surface area contributed by atoms with Gasteiger partial charge in [0, 0.05) is 12.1 Å². The van der Waals surface area contributed by atoms with Crippen LogP contribution in [0.5, 0.6) is 11.5 Å². The van der Waals surface area contributed by atoms with Crippen molar-refractivity contribution in [3.63, 3.8) is 0 Å². The zero-order valence-electron chi connectivity index (χ0n) is 10.5. The lowest BCUT2D eigenvalue weighted by Gasteiger charge is -2.09. The number of ether oxygens (including phenoxy) is 1. The van der Waals surface area contributed by atoms with Gasteiger partial charge in [-0.05, 0) is 24.3 Å². The van der Waals surface area contributed by atoms with Gasteiger partial charge in [0.15, 0.2) is 0 Å². The summed E-state index contributed by atoms with van der Waals surface area (Å²) in [5.74, 6) is -2.24. The molecule has 2 aromatic carbocycles. The molecule has 0 aliphatic rings. The molecule has 0 heterocycles. The van der Waals surface area contributed by atoms with Crippen LogP contribution in [0.4, 0.5) is 14.5 Å². The number of nitrogens with one attached hydrogen (secondary N) is 1. The summed E-state index contributed by atoms with van der Waals surface area (Å²) in [4.78, 5) is 11.9. The summed E-state index contributed by atoms with van der Waals surface area (Å²) in [6, 6.07) is 6.78. The molecule has 0 spiro atoms. The molecular weight excluding hydrogens is 268 g/mol. The third kappa shape index (κ3) is 2.85. The van der Waals surface area contributed by atoms with E-state index in [1.165, 1.54) is 19.2 Å². The fourth-order valence-electron chi connectivity index (χ4n) is 1.61. The first-order valence-electron chi connectivity index (χ1n) is 5.64. The van der Waals surface area contributed by atoms with E-state index in [-0.39, 0.29) is 11.3 Å². The van der Waals surface area contributed by atoms with Crippen LogP contribution in [-0.4, -0.2) is 18.1 Å². The van der Waals surface area contributed by atoms with Crippen molar-refractivity contribution >= 4 is 11.6 Å². The van der Waals surface area contributed by atoms with Crippen LogP contribution >= 0.6 is 0 Å². The molecule has 6 heteroatoms. The number of methoxy groups -OCH3 is 1. The van der Waals surface area contributed by atoms with Gasteiger partial charge in [-0.2, -0.15) is 0 Å². The summed E-state index contributed by atoms with van der Waals surface area (Å²) in [6.07, 6.45) is 0. The molecular formula is C14H11F2NO3. The predicted molar refractivity (Wildman–Crippen MR) is 69.0 cm³/mol. The van der Waals surface area contributed by atoms with Crippen molar-refractivity contribution in [2.75, 3.05) is 12.4 Å². The summed E-state index contributed by atoms with van der Waals surface area (Å²) in [5.41, 5.74) is -0.258. The lowest BCUT2D eigenvalue weighted by Crippen LogP contribution is -2.13. The van der Waals surface area contributed by atoms with Crippen molar-refractivity contribution in [3.05, 3.63) is 53.6 Å². The molecule has 4 nitrogen and oxygen atoms in total. The maximum Gasteiger partial charge on any atom is 0.259 e. The minimum absolute atomic E-state index is 0.0990. The Morgan fingerprint density at radius 1 is 1.20 bits per heavy atom. The number of phenolic OH excluding ortho intramolecular Hbond substituents is 1. The monoisotopic (exact) mass is 279 g/mol. The number of aromatic hydroxyl groups is 1. The average molecular weight is 279 g/mol. The maximum atomic E-state index is 13.6. The van der Waals surface area contributed by atoms with E-state index >= 15 is 0 Å². The van der Waals surface area contributed by atoms with E-state index in [9.17, 15) is 18.7 Å². The predicted octanol–water partition coefficient (Wildman–Crippen LogP) is 2.93. The molecule has 0 atom stereocenters. The van der Waals surface area contributed by atoms with E-state index in [0.717, 1.165) is 24.3 Å². The Kier molecular flexibility index (Phi) is 3.84. The van der Waals surface area contributed by atoms with E-state index in [4.69, 9.17) is 4.74 Å². The maximum absolute atomic E-state index is 13.6. The number of benzene rings is 2. The van der Waals surface area contributed by atoms with Crippen LogP contribution < -0.4 is 10.1 Å². The zero-order chi connectivity index (χ0) is 14.7. The number of phenols is 1. The SMILES string of the molecule is COc1ccc(F)c(NC(=O)c2ccc(F)cc2O)c1. The van der Waals surface area contributed by atoms with Gasteiger partial charge in [-0.25, -0.2) is 8.78 Å². The fourth-order valence-corrected chi connectivity index (χ4v) is 1.61. The Bertz CT molecular complexity index is 659. The van der Waals surface area contributed by atoms with Crippen LogP contribution in [0, 0.1) is 11.6 Å². The summed E-state index contributed by atoms with van der Waals surface area (Å²) in [6.45, 7) is 0. The normalized spacial score (nSPS) is 10.2. The molecule has 0 fully saturated rings. The fraction of sp³-hybridized carbons (Fsp3) is 0.0714. The number of rotatable bonds is 3. The van der Waals surface area contributed by atoms with Gasteiger partial charge < -0.3 is 15.2 Å². The number of halogens is 2. The Hall–Kier alpha value is -2.63. The van der Waals surface area contributed by atoms with E-state index < -0.39 is 23.3 Å². The second kappa shape index (κ2) is 5.56. The largest absolute Gasteiger partial charge is 0.507 e. The summed E-state index contributed by atoms with van der Waals surface area (Å²) >= 11 is 0. The second-order valence-corrected chi connectivity index (χ2v) is 3.96. The number of anilines is 1. The first kappa shape index (κ1) is 13.8. The topological polar surface area (TPSA) is 58.6 Å². The molecule has 104 valence electrons. The minimum Gasteiger partial charge on any atom is -0.507 e. The van der Waals surface area contributed by atoms with Crippen molar-refractivity contribution < 1.29 is 23.4 Å². The Morgan fingerprint density at radius 2 is 1.95 bits per heavy atom. The Morgan fingerprint density at radius 3 is 2.60 bits per heavy atom. The van der Waals surface area contributed by atoms with Gasteiger partial charge in [-0.15, -0.1) is 0 Å². The molecule has 0 aromatic heterocycles. The van der Waals surface area contributed by atoms with Gasteiger partial charge in [-0.1, -0.05) is 0 Å². The Labute approximate surface area is 113 Å². The van der Waals surface area contributed by atoms with Gasteiger partial charge >= 0.3 is 0 Å². The molecule has 2 aromatic rings. The third-order valence-electron chi connectivity index (χ3n) is 2.63. The summed E-state index contributed by atoms with van der Waals surface area (Å²) in [5, 5.41) is 11.8. The smallest absolute Gasteiger partial charge is 0.259 e. The average Bonchev–Trinajstić information content (AvgIpc) is 2.41. The summed E-state index contributed by atoms with van der Waals surface area (Å²) in [7, 11) is 1.41. The lowest BCUT2D eigenvalue weighted by atomic mass is 10.1. The highest BCUT2D eigenvalue weighted by atomic mass is 19.1. The first-order valence-corrected chi connectivity index (χ1v) is 5.64. The molecule has 2 rings (SSSR count). The van der Waals surface area contributed by atoms with E-state index in [0.29, 0.717) is 5.75 Å². The zero-order valence-corrected chi connectivity index (χ0v) is 10.5. The van der Waals surface area contributed by atoms with Crippen LogP contribution in [0.2, 0.25) is 0 Å². The van der Waals surface area contributed by atoms with Crippen LogP contribution in [-0.2, 0) is 0 Å². The molecule has 20 heavy (non-hydrogen) atoms. The Balaban J connectivity index is 2.27. The van der Waals surface area contributed by atoms with Gasteiger partial charge in [0.25, 0.3) is 5.91 Å². The van der Waals surface area contributed by atoms with Crippen LogP contribution in [0.3, 0.4) is 0 Å². The number of carbonyl (C=O) groups is 1. The van der Waals surface area contributed by atoms with Gasteiger partial charge in [0.05, 0.1) is 18.4 Å². The highest BCUT2D eigenvalue weighted by molar-refractivity contribution is 6.06. The second-order valence-electron chi connectivity index (χ2n) is 3.96. The van der Waals surface area contributed by atoms with Crippen molar-refractivity contribution in [2.45, 2.75) is 0 Å². The highest BCUT2D eigenvalue weighted by Crippen LogP contribution is 2.24. The van der Waals surface area contributed by atoms with Crippen LogP contribution in [0.25, 0.3) is 0 Å². The molecule has 0 saturated heterocycles. The highest BCUT2D eigenvalue weighted by Gasteiger charge is 2.14. The molecule has 0 bridgehead atoms. The molecule has 0 unspecified atom stereocenters. The molecule has 1 amide bonds. The standard InChI is InChI=1S/C14H11F2NO3/c1-20-9-3-5-11(16)12(7-9)17-14(19)10-4-2-8(15)6-13(10)18/h2-7,18H,1H3,(H,17,19). The third-order valence-corrected chi connectivity index (χ3v) is 2.63. The quantitative estimate of drug-likeness (QED) is 0.908. The number of hydrogen-bond acceptors (Lipinski definition) is 3. The van der Waals surface area contributed by atoms with Crippen molar-refractivity contribution in [1.29, 1.82) is 0 Å². The number of hydrogen-bond donors (Lipinski definition) is 2. The van der Waals surface area contributed by atoms with Crippen LogP contribution in [0.15, 0.2) is 36.4 Å². The van der Waals surface area contributed by atoms with Crippen molar-refractivity contribution in [3.8, 4) is 11.5 Å². The molecule has 0 aliphatic heterocycles. The van der Waals surface area contributed by atoms with Gasteiger partial charge in [-0.3, -0.25) is 4.79 Å². The van der Waals surface area contributed by atoms with Gasteiger partial charge in [0.1, 0.15) is 23.1 Å². The molecule has 0 radical (unpaired) electrons. The first-order chi connectivity index (χ1) is 9.51.